The SMILES string of the molecule is NC1(C[n+]2ccccc2)CC(=O)NC1C(=O)[O-]. The van der Waals surface area contributed by atoms with Crippen LogP contribution < -0.4 is 20.7 Å². The van der Waals surface area contributed by atoms with E-state index in [-0.39, 0.29) is 18.9 Å². The number of rotatable bonds is 3. The van der Waals surface area contributed by atoms with E-state index >= 15 is 0 Å². The summed E-state index contributed by atoms with van der Waals surface area (Å²) in [6.45, 7) is 0.241. The quantitative estimate of drug-likeness (QED) is 0.557. The number of hydrogen-bond acceptors (Lipinski definition) is 4. The van der Waals surface area contributed by atoms with Gasteiger partial charge in [-0.05, 0) is 0 Å². The molecule has 2 unspecified atom stereocenters. The third-order valence-corrected chi connectivity index (χ3v) is 2.86. The topological polar surface area (TPSA) is 99.1 Å². The van der Waals surface area contributed by atoms with Gasteiger partial charge in [-0.3, -0.25) is 4.79 Å². The second-order valence-electron chi connectivity index (χ2n) is 4.28. The molecule has 1 saturated heterocycles. The second kappa shape index (κ2) is 4.14. The number of amides is 1. The monoisotopic (exact) mass is 235 g/mol. The first-order valence-electron chi connectivity index (χ1n) is 5.24. The number of carboxylic acid groups (broad SMARTS) is 1. The molecule has 2 atom stereocenters. The Hall–Kier alpha value is -1.95. The number of nitrogens with zero attached hydrogens (tertiary/aromatic N) is 1. The number of carboxylic acids is 1. The third kappa shape index (κ3) is 2.26. The van der Waals surface area contributed by atoms with E-state index in [0.29, 0.717) is 0 Å². The first-order chi connectivity index (χ1) is 8.01. The summed E-state index contributed by atoms with van der Waals surface area (Å²) in [5, 5.41) is 13.3. The number of carbonyl (C=O) groups is 2. The first kappa shape index (κ1) is 11.5. The summed E-state index contributed by atoms with van der Waals surface area (Å²) in [7, 11) is 0. The maximum atomic E-state index is 11.3. The molecule has 1 aromatic heterocycles. The Balaban J connectivity index is 2.23. The van der Waals surface area contributed by atoms with E-state index in [0.717, 1.165) is 0 Å². The molecule has 90 valence electrons. The highest BCUT2D eigenvalue weighted by atomic mass is 16.4. The minimum atomic E-state index is -1.35. The molecule has 0 saturated carbocycles. The lowest BCUT2D eigenvalue weighted by Crippen LogP contribution is -2.64. The lowest BCUT2D eigenvalue weighted by atomic mass is 9.91. The summed E-state index contributed by atoms with van der Waals surface area (Å²) in [5.41, 5.74) is 4.85. The van der Waals surface area contributed by atoms with Gasteiger partial charge in [-0.25, -0.2) is 4.57 Å². The number of carbonyl (C=O) groups excluding carboxylic acids is 2. The van der Waals surface area contributed by atoms with Crippen LogP contribution in [-0.4, -0.2) is 23.5 Å². The minimum Gasteiger partial charge on any atom is -0.548 e. The van der Waals surface area contributed by atoms with Gasteiger partial charge in [0, 0.05) is 12.1 Å². The Kier molecular flexibility index (Phi) is 2.81. The van der Waals surface area contributed by atoms with E-state index in [1.54, 1.807) is 17.0 Å². The Morgan fingerprint density at radius 1 is 1.53 bits per heavy atom. The molecule has 1 fully saturated rings. The molecule has 3 N–H and O–H groups in total. The van der Waals surface area contributed by atoms with Crippen LogP contribution in [0.1, 0.15) is 6.42 Å². The molecule has 2 heterocycles. The molecule has 0 radical (unpaired) electrons. The highest BCUT2D eigenvalue weighted by Crippen LogP contribution is 2.19. The van der Waals surface area contributed by atoms with E-state index < -0.39 is 17.6 Å². The minimum absolute atomic E-state index is 0.0203. The molecule has 6 heteroatoms. The van der Waals surface area contributed by atoms with Crippen molar-refractivity contribution in [2.75, 3.05) is 0 Å². The summed E-state index contributed by atoms with van der Waals surface area (Å²) in [6, 6.07) is 4.31. The Morgan fingerprint density at radius 3 is 2.76 bits per heavy atom. The predicted octanol–water partition coefficient (Wildman–Crippen LogP) is -2.69. The van der Waals surface area contributed by atoms with Crippen LogP contribution in [0.15, 0.2) is 30.6 Å². The van der Waals surface area contributed by atoms with Crippen molar-refractivity contribution in [1.29, 1.82) is 0 Å². The van der Waals surface area contributed by atoms with Crippen LogP contribution in [0.25, 0.3) is 0 Å². The normalized spacial score (nSPS) is 27.8. The van der Waals surface area contributed by atoms with Gasteiger partial charge in [0.05, 0.1) is 18.4 Å². The smallest absolute Gasteiger partial charge is 0.222 e. The zero-order valence-electron chi connectivity index (χ0n) is 9.13. The van der Waals surface area contributed by atoms with Gasteiger partial charge in [0.15, 0.2) is 18.9 Å². The number of nitrogens with one attached hydrogen (secondary N) is 1. The highest BCUT2D eigenvalue weighted by Gasteiger charge is 2.47. The standard InChI is InChI=1S/C11H13N3O3/c12-11(7-14-4-2-1-3-5-14)6-8(15)13-9(11)10(16)17/h1-5,9H,6-7,12H2,(H-,13,15,16,17). The molecule has 1 aliphatic rings. The summed E-state index contributed by atoms with van der Waals surface area (Å²) in [4.78, 5) is 22.2. The van der Waals surface area contributed by atoms with Crippen molar-refractivity contribution in [1.82, 2.24) is 5.32 Å². The van der Waals surface area contributed by atoms with Crippen molar-refractivity contribution >= 4 is 11.9 Å². The molecule has 0 spiro atoms. The summed E-state index contributed by atoms with van der Waals surface area (Å²) >= 11 is 0. The number of aromatic nitrogens is 1. The van der Waals surface area contributed by atoms with Crippen molar-refractivity contribution in [3.8, 4) is 0 Å². The zero-order valence-corrected chi connectivity index (χ0v) is 9.13. The molecule has 1 amide bonds. The number of hydrogen-bond donors (Lipinski definition) is 2. The lowest BCUT2D eigenvalue weighted by Gasteiger charge is -2.27. The number of nitrogens with two attached hydrogens (primary N) is 1. The highest BCUT2D eigenvalue weighted by molar-refractivity contribution is 5.89. The molecule has 6 nitrogen and oxygen atoms in total. The predicted molar refractivity (Wildman–Crippen MR) is 55.1 cm³/mol. The van der Waals surface area contributed by atoms with Crippen LogP contribution in [0.4, 0.5) is 0 Å². The van der Waals surface area contributed by atoms with Gasteiger partial charge >= 0.3 is 0 Å². The number of pyridine rings is 1. The van der Waals surface area contributed by atoms with Crippen LogP contribution in [0.3, 0.4) is 0 Å². The Bertz CT molecular complexity index is 449. The van der Waals surface area contributed by atoms with Crippen LogP contribution >= 0.6 is 0 Å². The third-order valence-electron chi connectivity index (χ3n) is 2.86. The van der Waals surface area contributed by atoms with E-state index in [2.05, 4.69) is 5.32 Å². The van der Waals surface area contributed by atoms with Crippen molar-refractivity contribution in [2.24, 2.45) is 5.73 Å². The number of aliphatic carboxylic acids is 1. The van der Waals surface area contributed by atoms with Gasteiger partial charge in [0.2, 0.25) is 5.91 Å². The molecule has 1 aliphatic heterocycles. The largest absolute Gasteiger partial charge is 0.548 e. The average Bonchev–Trinajstić information content (AvgIpc) is 2.55. The van der Waals surface area contributed by atoms with Crippen LogP contribution in [0.2, 0.25) is 0 Å². The second-order valence-corrected chi connectivity index (χ2v) is 4.28. The van der Waals surface area contributed by atoms with Gasteiger partial charge in [-0.15, -0.1) is 0 Å². The lowest BCUT2D eigenvalue weighted by molar-refractivity contribution is -0.703. The molecule has 2 rings (SSSR count). The van der Waals surface area contributed by atoms with Crippen molar-refractivity contribution in [3.63, 3.8) is 0 Å². The maximum Gasteiger partial charge on any atom is 0.222 e. The van der Waals surface area contributed by atoms with Gasteiger partial charge < -0.3 is 21.0 Å². The molecule has 0 aromatic carbocycles. The van der Waals surface area contributed by atoms with E-state index in [1.165, 1.54) is 0 Å². The zero-order chi connectivity index (χ0) is 12.5. The Morgan fingerprint density at radius 2 is 2.18 bits per heavy atom. The van der Waals surface area contributed by atoms with Crippen molar-refractivity contribution in [3.05, 3.63) is 30.6 Å². The molecular formula is C11H13N3O3. The van der Waals surface area contributed by atoms with Gasteiger partial charge in [0.25, 0.3) is 0 Å². The summed E-state index contributed by atoms with van der Waals surface area (Å²) in [6.07, 6.45) is 3.51. The molecular weight excluding hydrogens is 222 g/mol. The van der Waals surface area contributed by atoms with Crippen LogP contribution in [0, 0.1) is 0 Å². The molecule has 0 bridgehead atoms. The molecule has 0 aliphatic carbocycles. The van der Waals surface area contributed by atoms with Crippen molar-refractivity contribution < 1.29 is 19.3 Å². The van der Waals surface area contributed by atoms with E-state index in [9.17, 15) is 14.7 Å². The van der Waals surface area contributed by atoms with Gasteiger partial charge in [-0.2, -0.15) is 0 Å². The van der Waals surface area contributed by atoms with Crippen LogP contribution in [-0.2, 0) is 16.1 Å². The average molecular weight is 235 g/mol. The Labute approximate surface area is 98.1 Å². The summed E-state index contributed by atoms with van der Waals surface area (Å²) in [5.74, 6) is -1.71. The first-order valence-corrected chi connectivity index (χ1v) is 5.24. The fraction of sp³-hybridized carbons (Fsp3) is 0.364. The summed E-state index contributed by atoms with van der Waals surface area (Å²) < 4.78 is 1.75. The van der Waals surface area contributed by atoms with Crippen LogP contribution in [0.5, 0.6) is 0 Å². The fourth-order valence-corrected chi connectivity index (χ4v) is 2.08. The van der Waals surface area contributed by atoms with E-state index in [4.69, 9.17) is 5.73 Å². The van der Waals surface area contributed by atoms with Gasteiger partial charge in [0.1, 0.15) is 5.54 Å². The van der Waals surface area contributed by atoms with E-state index in [1.807, 2.05) is 18.2 Å². The fourth-order valence-electron chi connectivity index (χ4n) is 2.08. The maximum absolute atomic E-state index is 11.3. The molecule has 17 heavy (non-hydrogen) atoms. The van der Waals surface area contributed by atoms with Crippen molar-refractivity contribution in [2.45, 2.75) is 24.5 Å². The van der Waals surface area contributed by atoms with Gasteiger partial charge in [-0.1, -0.05) is 6.07 Å². The molecule has 1 aromatic rings.